The Bertz CT molecular complexity index is 420. The van der Waals surface area contributed by atoms with Crippen LogP contribution in [0.2, 0.25) is 5.02 Å². The van der Waals surface area contributed by atoms with Crippen molar-refractivity contribution >= 4 is 11.6 Å². The number of rotatable bonds is 3. The molecule has 1 heterocycles. The predicted molar refractivity (Wildman–Crippen MR) is 69.3 cm³/mol. The second kappa shape index (κ2) is 5.15. The van der Waals surface area contributed by atoms with Gasteiger partial charge in [0.15, 0.2) is 11.5 Å². The molecule has 0 aromatic heterocycles. The molecule has 17 heavy (non-hydrogen) atoms. The molecule has 0 radical (unpaired) electrons. The minimum absolute atomic E-state index is 0.336. The minimum atomic E-state index is 0.336. The Morgan fingerprint density at radius 2 is 2.12 bits per heavy atom. The lowest BCUT2D eigenvalue weighted by Crippen LogP contribution is -2.17. The number of hydrogen-bond donors (Lipinski definition) is 1. The van der Waals surface area contributed by atoms with Gasteiger partial charge in [0.1, 0.15) is 13.2 Å². The van der Waals surface area contributed by atoms with E-state index in [0.29, 0.717) is 25.7 Å². The van der Waals surface area contributed by atoms with E-state index in [1.807, 2.05) is 13.0 Å². The fourth-order valence-electron chi connectivity index (χ4n) is 2.33. The van der Waals surface area contributed by atoms with E-state index in [0.717, 1.165) is 34.1 Å². The highest BCUT2D eigenvalue weighted by Crippen LogP contribution is 2.42. The van der Waals surface area contributed by atoms with Gasteiger partial charge in [-0.25, -0.2) is 0 Å². The Labute approximate surface area is 107 Å². The summed E-state index contributed by atoms with van der Waals surface area (Å²) in [6, 6.07) is 1.85. The van der Waals surface area contributed by atoms with Crippen LogP contribution in [-0.2, 0) is 0 Å². The van der Waals surface area contributed by atoms with Crippen LogP contribution in [0.3, 0.4) is 0 Å². The van der Waals surface area contributed by atoms with Crippen LogP contribution in [0.15, 0.2) is 6.07 Å². The smallest absolute Gasteiger partial charge is 0.164 e. The van der Waals surface area contributed by atoms with E-state index in [4.69, 9.17) is 26.8 Å². The summed E-state index contributed by atoms with van der Waals surface area (Å²) in [6.45, 7) is 6.00. The van der Waals surface area contributed by atoms with Crippen molar-refractivity contribution in [2.75, 3.05) is 19.8 Å². The van der Waals surface area contributed by atoms with Crippen LogP contribution in [0.5, 0.6) is 11.5 Å². The fourth-order valence-corrected chi connectivity index (χ4v) is 2.75. The first kappa shape index (κ1) is 12.5. The molecule has 1 atom stereocenters. The Kier molecular flexibility index (Phi) is 3.79. The molecule has 1 unspecified atom stereocenters. The molecule has 0 saturated carbocycles. The quantitative estimate of drug-likeness (QED) is 0.903. The molecule has 1 aromatic carbocycles. The van der Waals surface area contributed by atoms with Gasteiger partial charge in [-0.3, -0.25) is 0 Å². The molecule has 0 spiro atoms. The third-order valence-corrected chi connectivity index (χ3v) is 3.48. The van der Waals surface area contributed by atoms with E-state index in [9.17, 15) is 0 Å². The van der Waals surface area contributed by atoms with Crippen LogP contribution in [0, 0.1) is 6.92 Å². The molecule has 2 rings (SSSR count). The molecule has 0 amide bonds. The van der Waals surface area contributed by atoms with Crippen LogP contribution in [0.1, 0.15) is 30.4 Å². The van der Waals surface area contributed by atoms with Gasteiger partial charge in [0.05, 0.1) is 0 Å². The van der Waals surface area contributed by atoms with Crippen molar-refractivity contribution in [2.24, 2.45) is 5.73 Å². The predicted octanol–water partition coefficient (Wildman–Crippen LogP) is 2.87. The molecule has 0 aliphatic carbocycles. The van der Waals surface area contributed by atoms with Gasteiger partial charge < -0.3 is 15.2 Å². The van der Waals surface area contributed by atoms with Crippen LogP contribution >= 0.6 is 11.6 Å². The van der Waals surface area contributed by atoms with Crippen LogP contribution in [-0.4, -0.2) is 19.8 Å². The maximum absolute atomic E-state index is 6.32. The standard InChI is InChI=1S/C13H18ClNO2/c1-8(3-4-15)12-9(2)13-11(7-10(12)14)16-5-6-17-13/h7-8H,3-6,15H2,1-2H3. The Morgan fingerprint density at radius 1 is 1.41 bits per heavy atom. The van der Waals surface area contributed by atoms with Crippen molar-refractivity contribution in [1.82, 2.24) is 0 Å². The van der Waals surface area contributed by atoms with E-state index >= 15 is 0 Å². The van der Waals surface area contributed by atoms with Gasteiger partial charge in [-0.1, -0.05) is 18.5 Å². The third kappa shape index (κ3) is 2.35. The maximum atomic E-state index is 6.32. The van der Waals surface area contributed by atoms with Gasteiger partial charge in [0.25, 0.3) is 0 Å². The van der Waals surface area contributed by atoms with Gasteiger partial charge in [-0.05, 0) is 36.9 Å². The molecular formula is C13H18ClNO2. The largest absolute Gasteiger partial charge is 0.486 e. The van der Waals surface area contributed by atoms with Crippen molar-refractivity contribution < 1.29 is 9.47 Å². The Hall–Kier alpha value is -0.930. The summed E-state index contributed by atoms with van der Waals surface area (Å²) < 4.78 is 11.2. The Balaban J connectivity index is 2.45. The molecule has 1 aliphatic heterocycles. The summed E-state index contributed by atoms with van der Waals surface area (Å²) in [4.78, 5) is 0. The molecule has 3 nitrogen and oxygen atoms in total. The number of nitrogens with two attached hydrogens (primary N) is 1. The molecular weight excluding hydrogens is 238 g/mol. The molecule has 2 N–H and O–H groups in total. The van der Waals surface area contributed by atoms with Crippen molar-refractivity contribution in [1.29, 1.82) is 0 Å². The van der Waals surface area contributed by atoms with E-state index in [1.54, 1.807) is 0 Å². The molecule has 94 valence electrons. The van der Waals surface area contributed by atoms with Gasteiger partial charge in [0, 0.05) is 11.1 Å². The van der Waals surface area contributed by atoms with Gasteiger partial charge in [-0.15, -0.1) is 0 Å². The number of fused-ring (bicyclic) bond motifs is 1. The lowest BCUT2D eigenvalue weighted by atomic mass is 9.92. The molecule has 4 heteroatoms. The zero-order valence-electron chi connectivity index (χ0n) is 10.3. The molecule has 0 fully saturated rings. The average molecular weight is 256 g/mol. The van der Waals surface area contributed by atoms with E-state index < -0.39 is 0 Å². The SMILES string of the molecule is Cc1c2c(cc(Cl)c1C(C)CCN)OCCO2. The number of hydrogen-bond acceptors (Lipinski definition) is 3. The second-order valence-electron chi connectivity index (χ2n) is 4.40. The van der Waals surface area contributed by atoms with Crippen molar-refractivity contribution in [3.8, 4) is 11.5 Å². The number of halogens is 1. The summed E-state index contributed by atoms with van der Waals surface area (Å²) in [6.07, 6.45) is 0.917. The highest BCUT2D eigenvalue weighted by Gasteiger charge is 2.22. The summed E-state index contributed by atoms with van der Waals surface area (Å²) in [5.74, 6) is 1.92. The van der Waals surface area contributed by atoms with Crippen LogP contribution in [0.4, 0.5) is 0 Å². The zero-order valence-corrected chi connectivity index (χ0v) is 11.0. The van der Waals surface area contributed by atoms with Gasteiger partial charge >= 0.3 is 0 Å². The van der Waals surface area contributed by atoms with Gasteiger partial charge in [0.2, 0.25) is 0 Å². The van der Waals surface area contributed by atoms with Crippen LogP contribution < -0.4 is 15.2 Å². The highest BCUT2D eigenvalue weighted by atomic mass is 35.5. The molecule has 1 aromatic rings. The molecule has 1 aliphatic rings. The Morgan fingerprint density at radius 3 is 2.82 bits per heavy atom. The first-order chi connectivity index (χ1) is 8.15. The van der Waals surface area contributed by atoms with E-state index in [1.165, 1.54) is 0 Å². The summed E-state index contributed by atoms with van der Waals surface area (Å²) >= 11 is 6.32. The maximum Gasteiger partial charge on any atom is 0.164 e. The normalized spacial score (nSPS) is 15.8. The summed E-state index contributed by atoms with van der Waals surface area (Å²) in [5.41, 5.74) is 7.81. The van der Waals surface area contributed by atoms with Crippen LogP contribution in [0.25, 0.3) is 0 Å². The van der Waals surface area contributed by atoms with E-state index in [-0.39, 0.29) is 0 Å². The van der Waals surface area contributed by atoms with Crippen molar-refractivity contribution in [3.05, 3.63) is 22.2 Å². The average Bonchev–Trinajstić information content (AvgIpc) is 2.29. The second-order valence-corrected chi connectivity index (χ2v) is 4.81. The summed E-state index contributed by atoms with van der Waals surface area (Å²) in [5, 5.41) is 0.743. The van der Waals surface area contributed by atoms with E-state index in [2.05, 4.69) is 6.92 Å². The lowest BCUT2D eigenvalue weighted by Gasteiger charge is -2.24. The fraction of sp³-hybridized carbons (Fsp3) is 0.538. The zero-order chi connectivity index (χ0) is 12.4. The molecule has 0 saturated heterocycles. The first-order valence-corrected chi connectivity index (χ1v) is 6.31. The number of ether oxygens (including phenoxy) is 2. The monoisotopic (exact) mass is 255 g/mol. The lowest BCUT2D eigenvalue weighted by molar-refractivity contribution is 0.170. The topological polar surface area (TPSA) is 44.5 Å². The molecule has 0 bridgehead atoms. The minimum Gasteiger partial charge on any atom is -0.486 e. The third-order valence-electron chi connectivity index (χ3n) is 3.16. The summed E-state index contributed by atoms with van der Waals surface area (Å²) in [7, 11) is 0. The number of benzene rings is 1. The highest BCUT2D eigenvalue weighted by molar-refractivity contribution is 6.31. The van der Waals surface area contributed by atoms with Crippen molar-refractivity contribution in [3.63, 3.8) is 0 Å². The van der Waals surface area contributed by atoms with Crippen molar-refractivity contribution in [2.45, 2.75) is 26.2 Å². The first-order valence-electron chi connectivity index (χ1n) is 5.93. The van der Waals surface area contributed by atoms with Gasteiger partial charge in [-0.2, -0.15) is 0 Å².